The van der Waals surface area contributed by atoms with Crippen molar-refractivity contribution < 1.29 is 18.7 Å². The Balaban J connectivity index is 2.31. The molecule has 0 saturated carbocycles. The molecule has 2 aromatic rings. The zero-order chi connectivity index (χ0) is 16.1. The smallest absolute Gasteiger partial charge is 0.339 e. The lowest BCUT2D eigenvalue weighted by atomic mass is 10.1. The van der Waals surface area contributed by atoms with Crippen LogP contribution in [0.1, 0.15) is 23.0 Å². The fourth-order valence-electron chi connectivity index (χ4n) is 1.81. The highest BCUT2D eigenvalue weighted by molar-refractivity contribution is 6.33. The summed E-state index contributed by atoms with van der Waals surface area (Å²) in [5, 5.41) is 0.308. The van der Waals surface area contributed by atoms with Crippen molar-refractivity contribution in [3.8, 4) is 11.3 Å². The van der Waals surface area contributed by atoms with Crippen LogP contribution in [0.25, 0.3) is 17.4 Å². The van der Waals surface area contributed by atoms with Crippen molar-refractivity contribution >= 4 is 29.6 Å². The lowest BCUT2D eigenvalue weighted by Gasteiger charge is -2.05. The normalized spacial score (nSPS) is 10.8. The number of hydrogen-bond acceptors (Lipinski definition) is 4. The van der Waals surface area contributed by atoms with Crippen LogP contribution >= 0.6 is 11.6 Å². The van der Waals surface area contributed by atoms with Crippen molar-refractivity contribution in [1.29, 1.82) is 0 Å². The standard InChI is InChI=1S/C16H14ClNO4/c1-2-21-16(20)12-9-10(3-6-13(12)17)14-7-4-11(22-14)5-8-15(18)19/h3-9H,2H2,1H3,(H2,18,19)/b8-5-. The van der Waals surface area contributed by atoms with E-state index in [9.17, 15) is 9.59 Å². The van der Waals surface area contributed by atoms with Crippen LogP contribution in [0.15, 0.2) is 40.8 Å². The summed E-state index contributed by atoms with van der Waals surface area (Å²) in [4.78, 5) is 22.5. The number of rotatable bonds is 5. The Kier molecular flexibility index (Phi) is 5.01. The first kappa shape index (κ1) is 15.9. The molecule has 0 fully saturated rings. The van der Waals surface area contributed by atoms with E-state index in [4.69, 9.17) is 26.5 Å². The molecule has 6 heteroatoms. The molecule has 1 amide bonds. The molecule has 5 nitrogen and oxygen atoms in total. The van der Waals surface area contributed by atoms with Crippen LogP contribution in [0.5, 0.6) is 0 Å². The highest BCUT2D eigenvalue weighted by Crippen LogP contribution is 2.27. The molecule has 1 heterocycles. The molecule has 0 spiro atoms. The van der Waals surface area contributed by atoms with Crippen molar-refractivity contribution in [3.63, 3.8) is 0 Å². The molecule has 0 aliphatic heterocycles. The van der Waals surface area contributed by atoms with Crippen LogP contribution in [0.4, 0.5) is 0 Å². The molecule has 0 atom stereocenters. The van der Waals surface area contributed by atoms with Crippen LogP contribution in [0.3, 0.4) is 0 Å². The molecule has 1 aromatic heterocycles. The third-order valence-corrected chi connectivity index (χ3v) is 3.11. The van der Waals surface area contributed by atoms with Gasteiger partial charge in [-0.2, -0.15) is 0 Å². The van der Waals surface area contributed by atoms with Crippen molar-refractivity contribution in [1.82, 2.24) is 0 Å². The summed E-state index contributed by atoms with van der Waals surface area (Å²) in [7, 11) is 0. The first-order chi connectivity index (χ1) is 10.5. The molecule has 22 heavy (non-hydrogen) atoms. The van der Waals surface area contributed by atoms with E-state index >= 15 is 0 Å². The Morgan fingerprint density at radius 3 is 2.77 bits per heavy atom. The summed E-state index contributed by atoms with van der Waals surface area (Å²) < 4.78 is 10.5. The maximum atomic E-state index is 11.8. The van der Waals surface area contributed by atoms with Crippen molar-refractivity contribution in [3.05, 3.63) is 52.8 Å². The molecule has 1 aromatic carbocycles. The van der Waals surface area contributed by atoms with E-state index in [1.54, 1.807) is 37.3 Å². The van der Waals surface area contributed by atoms with Gasteiger partial charge in [0.1, 0.15) is 11.5 Å². The number of hydrogen-bond donors (Lipinski definition) is 1. The van der Waals surface area contributed by atoms with E-state index in [0.29, 0.717) is 22.1 Å². The van der Waals surface area contributed by atoms with Gasteiger partial charge >= 0.3 is 5.97 Å². The van der Waals surface area contributed by atoms with E-state index in [-0.39, 0.29) is 12.2 Å². The average molecular weight is 320 g/mol. The number of halogens is 1. The number of furan rings is 1. The average Bonchev–Trinajstić information content (AvgIpc) is 2.94. The molecule has 2 N–H and O–H groups in total. The van der Waals surface area contributed by atoms with Gasteiger partial charge in [0.25, 0.3) is 0 Å². The number of carbonyl (C=O) groups excluding carboxylic acids is 2. The maximum absolute atomic E-state index is 11.8. The van der Waals surface area contributed by atoms with Crippen LogP contribution in [0, 0.1) is 0 Å². The molecule has 0 aliphatic rings. The topological polar surface area (TPSA) is 82.5 Å². The molecule has 2 rings (SSSR count). The van der Waals surface area contributed by atoms with E-state index < -0.39 is 11.9 Å². The van der Waals surface area contributed by atoms with E-state index in [2.05, 4.69) is 0 Å². The number of primary amides is 1. The molecule has 0 bridgehead atoms. The van der Waals surface area contributed by atoms with Crippen LogP contribution in [0.2, 0.25) is 5.02 Å². The van der Waals surface area contributed by atoms with Gasteiger partial charge in [0.2, 0.25) is 5.91 Å². The lowest BCUT2D eigenvalue weighted by Crippen LogP contribution is -2.05. The zero-order valence-electron chi connectivity index (χ0n) is 11.8. The monoisotopic (exact) mass is 319 g/mol. The fourth-order valence-corrected chi connectivity index (χ4v) is 2.00. The molecular weight excluding hydrogens is 306 g/mol. The quantitative estimate of drug-likeness (QED) is 0.677. The Labute approximate surface area is 132 Å². The van der Waals surface area contributed by atoms with Gasteiger partial charge in [-0.3, -0.25) is 4.79 Å². The second kappa shape index (κ2) is 6.95. The Hall–Kier alpha value is -2.53. The first-order valence-corrected chi connectivity index (χ1v) is 6.93. The number of esters is 1. The SMILES string of the molecule is CCOC(=O)c1cc(-c2ccc(/C=C\C(N)=O)o2)ccc1Cl. The van der Waals surface area contributed by atoms with Gasteiger partial charge < -0.3 is 14.9 Å². The second-order valence-electron chi connectivity index (χ2n) is 4.35. The van der Waals surface area contributed by atoms with Gasteiger partial charge in [0.15, 0.2) is 0 Å². The summed E-state index contributed by atoms with van der Waals surface area (Å²) >= 11 is 6.01. The summed E-state index contributed by atoms with van der Waals surface area (Å²) in [6.45, 7) is 1.99. The van der Waals surface area contributed by atoms with Gasteiger partial charge in [0, 0.05) is 11.6 Å². The molecule has 114 valence electrons. The first-order valence-electron chi connectivity index (χ1n) is 6.55. The Morgan fingerprint density at radius 1 is 1.32 bits per heavy atom. The summed E-state index contributed by atoms with van der Waals surface area (Å²) in [5.41, 5.74) is 5.97. The van der Waals surface area contributed by atoms with Crippen LogP contribution < -0.4 is 5.73 Å². The molecular formula is C16H14ClNO4. The minimum Gasteiger partial charge on any atom is -0.462 e. The van der Waals surface area contributed by atoms with E-state index in [1.807, 2.05) is 0 Å². The summed E-state index contributed by atoms with van der Waals surface area (Å²) in [5.74, 6) is -0.0448. The van der Waals surface area contributed by atoms with Gasteiger partial charge in [-0.15, -0.1) is 0 Å². The lowest BCUT2D eigenvalue weighted by molar-refractivity contribution is -0.113. The second-order valence-corrected chi connectivity index (χ2v) is 4.76. The maximum Gasteiger partial charge on any atom is 0.339 e. The predicted molar refractivity (Wildman–Crippen MR) is 83.3 cm³/mol. The number of amides is 1. The van der Waals surface area contributed by atoms with Crippen LogP contribution in [-0.2, 0) is 9.53 Å². The third kappa shape index (κ3) is 3.77. The van der Waals surface area contributed by atoms with Crippen molar-refractivity contribution in [2.45, 2.75) is 6.92 Å². The largest absolute Gasteiger partial charge is 0.462 e. The third-order valence-electron chi connectivity index (χ3n) is 2.78. The molecule has 0 unspecified atom stereocenters. The van der Waals surface area contributed by atoms with E-state index in [1.165, 1.54) is 12.2 Å². The number of carbonyl (C=O) groups is 2. The summed E-state index contributed by atoms with van der Waals surface area (Å²) in [6.07, 6.45) is 2.67. The van der Waals surface area contributed by atoms with Gasteiger partial charge in [-0.05, 0) is 43.3 Å². The molecule has 0 radical (unpaired) electrons. The summed E-state index contributed by atoms with van der Waals surface area (Å²) in [6, 6.07) is 8.34. The van der Waals surface area contributed by atoms with Gasteiger partial charge in [0.05, 0.1) is 17.2 Å². The minimum atomic E-state index is -0.561. The highest BCUT2D eigenvalue weighted by atomic mass is 35.5. The Morgan fingerprint density at radius 2 is 2.09 bits per heavy atom. The number of benzene rings is 1. The number of nitrogens with two attached hydrogens (primary N) is 1. The van der Waals surface area contributed by atoms with Crippen molar-refractivity contribution in [2.75, 3.05) is 6.61 Å². The van der Waals surface area contributed by atoms with Gasteiger partial charge in [-0.1, -0.05) is 11.6 Å². The van der Waals surface area contributed by atoms with Gasteiger partial charge in [-0.25, -0.2) is 4.79 Å². The highest BCUT2D eigenvalue weighted by Gasteiger charge is 2.14. The predicted octanol–water partition coefficient (Wildman–Crippen LogP) is 3.28. The Bertz CT molecular complexity index is 733. The van der Waals surface area contributed by atoms with Crippen LogP contribution in [-0.4, -0.2) is 18.5 Å². The number of ether oxygens (including phenoxy) is 1. The van der Waals surface area contributed by atoms with Crippen molar-refractivity contribution in [2.24, 2.45) is 5.73 Å². The molecule has 0 aliphatic carbocycles. The minimum absolute atomic E-state index is 0.266. The fraction of sp³-hybridized carbons (Fsp3) is 0.125. The zero-order valence-corrected chi connectivity index (χ0v) is 12.6. The van der Waals surface area contributed by atoms with E-state index in [0.717, 1.165) is 0 Å². The molecule has 0 saturated heterocycles.